The van der Waals surface area contributed by atoms with E-state index in [4.69, 9.17) is 0 Å². The van der Waals surface area contributed by atoms with Crippen molar-refractivity contribution in [3.05, 3.63) is 135 Å². The molecule has 2 heterocycles. The van der Waals surface area contributed by atoms with E-state index in [0.29, 0.717) is 34.4 Å². The van der Waals surface area contributed by atoms with Gasteiger partial charge in [0.25, 0.3) is 11.8 Å². The van der Waals surface area contributed by atoms with Crippen molar-refractivity contribution < 1.29 is 56.4 Å². The number of alkyl halides is 6. The van der Waals surface area contributed by atoms with E-state index in [1.54, 1.807) is 19.1 Å². The molecule has 16 heteroatoms. The number of amides is 2. The van der Waals surface area contributed by atoms with Crippen molar-refractivity contribution in [2.75, 3.05) is 10.6 Å². The first-order valence-electron chi connectivity index (χ1n) is 16.8. The third kappa shape index (κ3) is 6.62. The summed E-state index contributed by atoms with van der Waals surface area (Å²) in [7, 11) is 1.46. The van der Waals surface area contributed by atoms with Gasteiger partial charge in [-0.05, 0) is 78.7 Å². The number of nitrogens with zero attached hydrogens (tertiary/aromatic N) is 2. The number of nitrogens with one attached hydrogen (secondary N) is 2. The van der Waals surface area contributed by atoms with Crippen LogP contribution in [0, 0.1) is 6.92 Å². The number of aromatic hydroxyl groups is 4. The van der Waals surface area contributed by atoms with Crippen LogP contribution in [0.25, 0.3) is 16.8 Å². The first kappa shape index (κ1) is 37.5. The van der Waals surface area contributed by atoms with Gasteiger partial charge in [0, 0.05) is 64.6 Å². The van der Waals surface area contributed by atoms with Gasteiger partial charge in [0.2, 0.25) is 11.8 Å². The second-order valence-electron chi connectivity index (χ2n) is 13.3. The van der Waals surface area contributed by atoms with Crippen molar-refractivity contribution >= 4 is 23.2 Å². The first-order chi connectivity index (χ1) is 26.3. The molecular formula is C40H30F6N4O6. The minimum atomic E-state index is -5.15. The molecule has 0 radical (unpaired) electrons. The molecule has 10 nitrogen and oxygen atoms in total. The monoisotopic (exact) mass is 776 g/mol. The number of fused-ring (bicyclic) bond motifs is 2. The van der Waals surface area contributed by atoms with Gasteiger partial charge in [-0.1, -0.05) is 29.8 Å². The topological polar surface area (TPSA) is 149 Å². The highest BCUT2D eigenvalue weighted by atomic mass is 19.4. The Kier molecular flexibility index (Phi) is 9.02. The van der Waals surface area contributed by atoms with Gasteiger partial charge < -0.3 is 31.1 Å². The van der Waals surface area contributed by atoms with Gasteiger partial charge in [-0.2, -0.15) is 26.3 Å². The van der Waals surface area contributed by atoms with Crippen LogP contribution in [0.1, 0.15) is 59.7 Å². The lowest BCUT2D eigenvalue weighted by molar-refractivity contribution is -0.139. The maximum atomic E-state index is 14.4. The third-order valence-corrected chi connectivity index (χ3v) is 9.73. The number of aromatic nitrogens is 2. The largest absolute Gasteiger partial charge is 0.494 e. The van der Waals surface area contributed by atoms with Gasteiger partial charge in [0.1, 0.15) is 0 Å². The molecule has 6 N–H and O–H groups in total. The van der Waals surface area contributed by atoms with E-state index in [0.717, 1.165) is 34.4 Å². The molecule has 2 amide bonds. The summed E-state index contributed by atoms with van der Waals surface area (Å²) in [6, 6.07) is 16.3. The molecular weight excluding hydrogens is 746 g/mol. The summed E-state index contributed by atoms with van der Waals surface area (Å²) < 4.78 is 88.5. The van der Waals surface area contributed by atoms with Crippen molar-refractivity contribution in [2.24, 2.45) is 7.05 Å². The molecule has 4 aromatic carbocycles. The maximum Gasteiger partial charge on any atom is 0.417 e. The van der Waals surface area contributed by atoms with Gasteiger partial charge in [-0.15, -0.1) is 0 Å². The number of hydrogen-bond donors (Lipinski definition) is 6. The summed E-state index contributed by atoms with van der Waals surface area (Å²) in [4.78, 5) is 25.8. The minimum Gasteiger partial charge on any atom is -0.494 e. The molecule has 0 atom stereocenters. The number of aryl methyl sites for hydroxylation is 1. The quantitative estimate of drug-likeness (QED) is 0.0932. The SMILES string of the molecule is Cc1ccc(C(=O)Nc2ccc(-c3ccc(NC(=O)c4ccc(-n5c(O)c6c(c5O)Cc5c(c(O)n(C)c5O)C6)cc4)cc3C(F)(F)F)c(C(F)(F)F)c2)cc1. The smallest absolute Gasteiger partial charge is 0.417 e. The third-order valence-electron chi connectivity index (χ3n) is 9.73. The van der Waals surface area contributed by atoms with E-state index >= 15 is 0 Å². The predicted molar refractivity (Wildman–Crippen MR) is 192 cm³/mol. The highest BCUT2D eigenvalue weighted by Crippen LogP contribution is 2.48. The van der Waals surface area contributed by atoms with E-state index < -0.39 is 46.4 Å². The lowest BCUT2D eigenvalue weighted by Crippen LogP contribution is -2.16. The summed E-state index contributed by atoms with van der Waals surface area (Å²) in [5.74, 6) is -2.67. The molecule has 288 valence electrons. The Morgan fingerprint density at radius 2 is 0.946 bits per heavy atom. The molecule has 0 bridgehead atoms. The highest BCUT2D eigenvalue weighted by molar-refractivity contribution is 6.05. The Balaban J connectivity index is 1.14. The van der Waals surface area contributed by atoms with Crippen molar-refractivity contribution in [1.82, 2.24) is 9.13 Å². The zero-order valence-electron chi connectivity index (χ0n) is 29.3. The Labute approximate surface area is 313 Å². The summed E-state index contributed by atoms with van der Waals surface area (Å²) in [5.41, 5.74) is -2.61. The van der Waals surface area contributed by atoms with Gasteiger partial charge in [0.05, 0.1) is 16.8 Å². The van der Waals surface area contributed by atoms with Crippen LogP contribution >= 0.6 is 0 Å². The molecule has 0 saturated carbocycles. The fourth-order valence-electron chi connectivity index (χ4n) is 6.81. The number of carbonyl (C=O) groups is 2. The predicted octanol–water partition coefficient (Wildman–Crippen LogP) is 8.65. The van der Waals surface area contributed by atoms with Gasteiger partial charge in [-0.3, -0.25) is 18.7 Å². The zero-order chi connectivity index (χ0) is 40.4. The highest BCUT2D eigenvalue weighted by Gasteiger charge is 2.39. The summed E-state index contributed by atoms with van der Waals surface area (Å²) in [6.45, 7) is 1.78. The Morgan fingerprint density at radius 1 is 0.571 bits per heavy atom. The van der Waals surface area contributed by atoms with E-state index in [-0.39, 0.29) is 64.6 Å². The second kappa shape index (κ2) is 13.5. The summed E-state index contributed by atoms with van der Waals surface area (Å²) in [5, 5.41) is 47.5. The molecule has 0 saturated heterocycles. The number of halogens is 6. The van der Waals surface area contributed by atoms with Crippen molar-refractivity contribution in [3.8, 4) is 40.3 Å². The van der Waals surface area contributed by atoms with Crippen LogP contribution in [-0.2, 0) is 32.2 Å². The average Bonchev–Trinajstić information content (AvgIpc) is 3.52. The van der Waals surface area contributed by atoms with Gasteiger partial charge in [0.15, 0.2) is 11.8 Å². The van der Waals surface area contributed by atoms with Crippen LogP contribution in [-0.4, -0.2) is 41.4 Å². The molecule has 6 aromatic rings. The van der Waals surface area contributed by atoms with Gasteiger partial charge >= 0.3 is 12.4 Å². The van der Waals surface area contributed by atoms with Crippen LogP contribution in [0.2, 0.25) is 0 Å². The number of rotatable bonds is 6. The molecule has 0 fully saturated rings. The Hall–Kier alpha value is -6.84. The lowest BCUT2D eigenvalue weighted by Gasteiger charge is -2.20. The molecule has 7 rings (SSSR count). The summed E-state index contributed by atoms with van der Waals surface area (Å²) >= 11 is 0. The van der Waals surface area contributed by atoms with Crippen LogP contribution in [0.3, 0.4) is 0 Å². The van der Waals surface area contributed by atoms with Gasteiger partial charge in [-0.25, -0.2) is 0 Å². The fraction of sp³-hybridized carbons (Fsp3) is 0.150. The first-order valence-corrected chi connectivity index (χ1v) is 16.8. The normalized spacial score (nSPS) is 12.6. The Morgan fingerprint density at radius 3 is 1.34 bits per heavy atom. The number of hydrogen-bond acceptors (Lipinski definition) is 6. The standard InChI is InChI=1S/C40H30F6N4O6/c1-19-3-5-20(6-4-19)33(51)47-22-9-13-25(31(15-22)39(41,42)43)26-14-10-23(16-32(26)40(44,45)46)48-34(52)21-7-11-24(12-8-21)50-37(55)29-17-27-28(18-30(29)38(50)56)36(54)49(2)35(27)53/h3-16,53-56H,17-18H2,1-2H3,(H,47,51)(H,48,52). The average molecular weight is 777 g/mol. The molecule has 0 spiro atoms. The molecule has 0 aliphatic heterocycles. The van der Waals surface area contributed by atoms with E-state index in [2.05, 4.69) is 10.6 Å². The number of carbonyl (C=O) groups excluding carboxylic acids is 2. The fourth-order valence-corrected chi connectivity index (χ4v) is 6.81. The van der Waals surface area contributed by atoms with E-state index in [1.807, 2.05) is 0 Å². The van der Waals surface area contributed by atoms with Crippen LogP contribution in [0.15, 0.2) is 84.9 Å². The van der Waals surface area contributed by atoms with Crippen LogP contribution in [0.5, 0.6) is 23.5 Å². The molecule has 2 aromatic heterocycles. The molecule has 0 unspecified atom stereocenters. The van der Waals surface area contributed by atoms with Crippen molar-refractivity contribution in [2.45, 2.75) is 32.1 Å². The van der Waals surface area contributed by atoms with E-state index in [9.17, 15) is 56.4 Å². The second-order valence-corrected chi connectivity index (χ2v) is 13.3. The van der Waals surface area contributed by atoms with Crippen molar-refractivity contribution in [1.29, 1.82) is 0 Å². The van der Waals surface area contributed by atoms with Crippen LogP contribution in [0.4, 0.5) is 37.7 Å². The minimum absolute atomic E-state index is 0.00601. The van der Waals surface area contributed by atoms with E-state index in [1.165, 1.54) is 48.0 Å². The van der Waals surface area contributed by atoms with Crippen LogP contribution < -0.4 is 10.6 Å². The number of anilines is 2. The molecule has 56 heavy (non-hydrogen) atoms. The molecule has 1 aliphatic carbocycles. The van der Waals surface area contributed by atoms with Crippen molar-refractivity contribution in [3.63, 3.8) is 0 Å². The Bertz CT molecular complexity index is 2500. The maximum absolute atomic E-state index is 14.4. The lowest BCUT2D eigenvalue weighted by atomic mass is 9.90. The molecule has 1 aliphatic rings. The zero-order valence-corrected chi connectivity index (χ0v) is 29.3. The number of benzene rings is 4. The summed E-state index contributed by atoms with van der Waals surface area (Å²) in [6.07, 6.45) is -10.3.